The fraction of sp³-hybridized carbons (Fsp3) is 0.556. The van der Waals surface area contributed by atoms with E-state index < -0.39 is 23.7 Å². The third-order valence-electron chi connectivity index (χ3n) is 4.77. The van der Waals surface area contributed by atoms with E-state index in [9.17, 15) is 29.2 Å². The molecule has 1 aliphatic rings. The monoisotopic (exact) mass is 397 g/mol. The molecule has 0 saturated carbocycles. The highest BCUT2D eigenvalue weighted by molar-refractivity contribution is 5.96. The van der Waals surface area contributed by atoms with Crippen LogP contribution in [-0.2, 0) is 14.4 Å². The number of anilines is 1. The van der Waals surface area contributed by atoms with E-state index in [1.165, 1.54) is 11.0 Å². The molecule has 0 aromatic carbocycles. The fourth-order valence-electron chi connectivity index (χ4n) is 3.32. The SMILES string of the molecule is CCCCC(CN(O)C=O)C(=O)N1CCCC1C(=O)Nc1ccc(F)c[n+]1O. The molecule has 9 nitrogen and oxygen atoms in total. The fourth-order valence-corrected chi connectivity index (χ4v) is 3.32. The molecule has 2 rings (SSSR count). The summed E-state index contributed by atoms with van der Waals surface area (Å²) in [4.78, 5) is 37.8. The number of aromatic nitrogens is 1. The molecule has 1 aromatic heterocycles. The van der Waals surface area contributed by atoms with Gasteiger partial charge < -0.3 is 10.1 Å². The molecule has 3 N–H and O–H groups in total. The third kappa shape index (κ3) is 5.38. The molecule has 0 aliphatic carbocycles. The van der Waals surface area contributed by atoms with Gasteiger partial charge in [0.25, 0.3) is 0 Å². The van der Waals surface area contributed by atoms with Crippen molar-refractivity contribution in [2.45, 2.75) is 45.1 Å². The number of carbonyl (C=O) groups is 3. The van der Waals surface area contributed by atoms with Gasteiger partial charge in [-0.2, -0.15) is 0 Å². The first kappa shape index (κ1) is 21.5. The summed E-state index contributed by atoms with van der Waals surface area (Å²) in [5, 5.41) is 22.1. The molecular weight excluding hydrogens is 371 g/mol. The number of halogens is 1. The second-order valence-corrected chi connectivity index (χ2v) is 6.82. The lowest BCUT2D eigenvalue weighted by molar-refractivity contribution is -0.894. The number of hydroxylamine groups is 2. The van der Waals surface area contributed by atoms with E-state index in [1.807, 2.05) is 6.92 Å². The Bertz CT molecular complexity index is 717. The van der Waals surface area contributed by atoms with Gasteiger partial charge in [0, 0.05) is 12.6 Å². The summed E-state index contributed by atoms with van der Waals surface area (Å²) in [7, 11) is 0. The van der Waals surface area contributed by atoms with Crippen molar-refractivity contribution in [1.29, 1.82) is 0 Å². The average Bonchev–Trinajstić information content (AvgIpc) is 3.16. The maximum Gasteiger partial charge on any atom is 0.330 e. The second-order valence-electron chi connectivity index (χ2n) is 6.82. The van der Waals surface area contributed by atoms with Crippen molar-refractivity contribution in [3.05, 3.63) is 24.1 Å². The van der Waals surface area contributed by atoms with Crippen LogP contribution in [0.1, 0.15) is 39.0 Å². The van der Waals surface area contributed by atoms with Gasteiger partial charge in [0.05, 0.1) is 12.5 Å². The molecule has 1 aromatic rings. The lowest BCUT2D eigenvalue weighted by Crippen LogP contribution is -2.48. The van der Waals surface area contributed by atoms with Gasteiger partial charge in [-0.25, -0.2) is 19.6 Å². The minimum absolute atomic E-state index is 0.0179. The van der Waals surface area contributed by atoms with Crippen LogP contribution in [0.15, 0.2) is 18.3 Å². The normalized spacial score (nSPS) is 17.2. The predicted octanol–water partition coefficient (Wildman–Crippen LogP) is 0.934. The first-order chi connectivity index (χ1) is 13.4. The van der Waals surface area contributed by atoms with E-state index >= 15 is 0 Å². The molecule has 1 saturated heterocycles. The Balaban J connectivity index is 2.10. The van der Waals surface area contributed by atoms with Gasteiger partial charge in [0.15, 0.2) is 12.0 Å². The standard InChI is InChI=1S/C18H25FN4O5/c1-2-3-5-13(10-21(27)12-24)18(26)22-9-4-6-15(22)17(25)20-16-8-7-14(19)11-23(16)28/h7-8,11-13,15,27-28H,2-6,9-10H2,1H3/p+1. The van der Waals surface area contributed by atoms with Crippen LogP contribution in [0, 0.1) is 11.7 Å². The molecule has 2 unspecified atom stereocenters. The number of amides is 3. The van der Waals surface area contributed by atoms with Crippen LogP contribution in [-0.4, -0.2) is 57.7 Å². The molecular formula is C18H26FN4O5+. The smallest absolute Gasteiger partial charge is 0.330 e. The number of nitrogens with one attached hydrogen (secondary N) is 1. The van der Waals surface area contributed by atoms with Crippen LogP contribution in [0.4, 0.5) is 10.2 Å². The first-order valence-corrected chi connectivity index (χ1v) is 9.30. The summed E-state index contributed by atoms with van der Waals surface area (Å²) >= 11 is 0. The molecule has 2 atom stereocenters. The molecule has 2 heterocycles. The van der Waals surface area contributed by atoms with E-state index in [0.29, 0.717) is 35.6 Å². The van der Waals surface area contributed by atoms with Gasteiger partial charge in [-0.1, -0.05) is 19.8 Å². The Hall–Kier alpha value is -2.75. The van der Waals surface area contributed by atoms with Crippen molar-refractivity contribution in [1.82, 2.24) is 9.96 Å². The average molecular weight is 397 g/mol. The zero-order chi connectivity index (χ0) is 20.7. The van der Waals surface area contributed by atoms with Gasteiger partial charge in [0.2, 0.25) is 12.3 Å². The zero-order valence-corrected chi connectivity index (χ0v) is 15.8. The Morgan fingerprint density at radius 1 is 1.50 bits per heavy atom. The lowest BCUT2D eigenvalue weighted by Gasteiger charge is -2.28. The van der Waals surface area contributed by atoms with Crippen LogP contribution in [0.3, 0.4) is 0 Å². The maximum atomic E-state index is 13.1. The van der Waals surface area contributed by atoms with Gasteiger partial charge >= 0.3 is 11.7 Å². The van der Waals surface area contributed by atoms with E-state index in [1.54, 1.807) is 0 Å². The van der Waals surface area contributed by atoms with E-state index in [-0.39, 0.29) is 24.7 Å². The van der Waals surface area contributed by atoms with E-state index in [0.717, 1.165) is 25.1 Å². The van der Waals surface area contributed by atoms with Crippen LogP contribution in [0.5, 0.6) is 0 Å². The van der Waals surface area contributed by atoms with Crippen molar-refractivity contribution >= 4 is 24.0 Å². The lowest BCUT2D eigenvalue weighted by atomic mass is 9.99. The molecule has 10 heteroatoms. The predicted molar refractivity (Wildman–Crippen MR) is 94.7 cm³/mol. The summed E-state index contributed by atoms with van der Waals surface area (Å²) < 4.78 is 13.5. The summed E-state index contributed by atoms with van der Waals surface area (Å²) in [6.45, 7) is 2.22. The molecule has 1 aliphatic heterocycles. The van der Waals surface area contributed by atoms with Gasteiger partial charge in [0.1, 0.15) is 6.04 Å². The number of carbonyl (C=O) groups excluding carboxylic acids is 3. The number of hydrogen-bond acceptors (Lipinski definition) is 5. The number of nitrogens with zero attached hydrogens (tertiary/aromatic N) is 3. The zero-order valence-electron chi connectivity index (χ0n) is 15.8. The second kappa shape index (κ2) is 9.98. The quantitative estimate of drug-likeness (QED) is 0.189. The minimum Gasteiger partial charge on any atom is -0.350 e. The largest absolute Gasteiger partial charge is 0.350 e. The molecule has 154 valence electrons. The number of rotatable bonds is 9. The molecule has 28 heavy (non-hydrogen) atoms. The number of likely N-dealkylation sites (tertiary alicyclic amines) is 1. The highest BCUT2D eigenvalue weighted by atomic mass is 19.1. The summed E-state index contributed by atoms with van der Waals surface area (Å²) in [5.41, 5.74) is 0. The maximum absolute atomic E-state index is 13.1. The van der Waals surface area contributed by atoms with Gasteiger partial charge in [-0.15, -0.1) is 0 Å². The van der Waals surface area contributed by atoms with Crippen molar-refractivity contribution in [2.24, 2.45) is 5.92 Å². The number of unbranched alkanes of at least 4 members (excludes halogenated alkanes) is 1. The van der Waals surface area contributed by atoms with E-state index in [2.05, 4.69) is 5.32 Å². The van der Waals surface area contributed by atoms with Gasteiger partial charge in [-0.3, -0.25) is 14.8 Å². The molecule has 0 radical (unpaired) electrons. The summed E-state index contributed by atoms with van der Waals surface area (Å²) in [5.74, 6) is -2.10. The van der Waals surface area contributed by atoms with Crippen LogP contribution in [0.25, 0.3) is 0 Å². The highest BCUT2D eigenvalue weighted by Crippen LogP contribution is 2.23. The van der Waals surface area contributed by atoms with Crippen LogP contribution < -0.4 is 10.0 Å². The van der Waals surface area contributed by atoms with Crippen molar-refractivity contribution in [3.8, 4) is 0 Å². The molecule has 3 amide bonds. The van der Waals surface area contributed by atoms with Crippen LogP contribution >= 0.6 is 0 Å². The number of pyridine rings is 1. The van der Waals surface area contributed by atoms with Gasteiger partial charge in [-0.05, 0) is 30.1 Å². The summed E-state index contributed by atoms with van der Waals surface area (Å²) in [6.07, 6.45) is 4.21. The third-order valence-corrected chi connectivity index (χ3v) is 4.77. The molecule has 1 fully saturated rings. The van der Waals surface area contributed by atoms with Crippen LogP contribution in [0.2, 0.25) is 0 Å². The Morgan fingerprint density at radius 3 is 2.89 bits per heavy atom. The first-order valence-electron chi connectivity index (χ1n) is 9.30. The Morgan fingerprint density at radius 2 is 2.25 bits per heavy atom. The number of hydrogen-bond donors (Lipinski definition) is 3. The summed E-state index contributed by atoms with van der Waals surface area (Å²) in [6, 6.07) is 1.56. The Labute approximate surface area is 162 Å². The Kier molecular flexibility index (Phi) is 7.68. The van der Waals surface area contributed by atoms with Crippen molar-refractivity contribution in [2.75, 3.05) is 18.4 Å². The molecule has 0 spiro atoms. The van der Waals surface area contributed by atoms with E-state index in [4.69, 9.17) is 0 Å². The van der Waals surface area contributed by atoms with Crippen molar-refractivity contribution < 1.29 is 33.9 Å². The van der Waals surface area contributed by atoms with Crippen molar-refractivity contribution in [3.63, 3.8) is 0 Å². The topological polar surface area (TPSA) is 114 Å². The molecule has 0 bridgehead atoms. The highest BCUT2D eigenvalue weighted by Gasteiger charge is 2.39. The minimum atomic E-state index is -0.745.